The Morgan fingerprint density at radius 3 is 2.11 bits per heavy atom. The Bertz CT molecular complexity index is 415. The van der Waals surface area contributed by atoms with Crippen molar-refractivity contribution in [2.45, 2.75) is 61.6 Å². The van der Waals surface area contributed by atoms with E-state index in [-0.39, 0.29) is 36.3 Å². The van der Waals surface area contributed by atoms with Crippen LogP contribution in [0.3, 0.4) is 0 Å². The van der Waals surface area contributed by atoms with Crippen molar-refractivity contribution < 1.29 is 4.79 Å². The van der Waals surface area contributed by atoms with Gasteiger partial charge in [-0.2, -0.15) is 0 Å². The van der Waals surface area contributed by atoms with Crippen molar-refractivity contribution in [3.05, 3.63) is 0 Å². The SMILES string of the molecule is CC(C)(C)NC(=O)[C@@]12CC[C@](C(Br)Br)([C@H]1Br)C2(C)C. The van der Waals surface area contributed by atoms with Crippen LogP contribution in [0.15, 0.2) is 0 Å². The predicted octanol–water partition coefficient (Wildman–Crippen LogP) is 4.59. The largest absolute Gasteiger partial charge is 0.351 e. The van der Waals surface area contributed by atoms with Crippen molar-refractivity contribution in [1.29, 1.82) is 0 Å². The first-order valence-electron chi connectivity index (χ1n) is 6.68. The molecule has 0 radical (unpaired) electrons. The molecule has 0 aromatic carbocycles. The maximum absolute atomic E-state index is 12.8. The topological polar surface area (TPSA) is 29.1 Å². The summed E-state index contributed by atoms with van der Waals surface area (Å²) in [6.45, 7) is 10.6. The van der Waals surface area contributed by atoms with Gasteiger partial charge in [0.1, 0.15) is 0 Å². The Morgan fingerprint density at radius 1 is 1.26 bits per heavy atom. The molecule has 3 fully saturated rings. The monoisotopic (exact) mass is 457 g/mol. The number of nitrogens with one attached hydrogen (secondary N) is 1. The molecular weight excluding hydrogens is 438 g/mol. The molecule has 0 saturated heterocycles. The number of carbonyl (C=O) groups excluding carboxylic acids is 1. The van der Waals surface area contributed by atoms with Crippen LogP contribution in [-0.2, 0) is 4.79 Å². The molecule has 2 nitrogen and oxygen atoms in total. The van der Waals surface area contributed by atoms with Crippen LogP contribution in [0.5, 0.6) is 0 Å². The summed E-state index contributed by atoms with van der Waals surface area (Å²) in [5.74, 6) is 0.195. The molecule has 0 spiro atoms. The van der Waals surface area contributed by atoms with E-state index in [1.54, 1.807) is 0 Å². The Morgan fingerprint density at radius 2 is 1.79 bits per heavy atom. The van der Waals surface area contributed by atoms with E-state index in [4.69, 9.17) is 0 Å². The van der Waals surface area contributed by atoms with E-state index in [0.717, 1.165) is 12.8 Å². The molecule has 110 valence electrons. The Kier molecular flexibility index (Phi) is 3.82. The predicted molar refractivity (Wildman–Crippen MR) is 90.1 cm³/mol. The van der Waals surface area contributed by atoms with Gasteiger partial charge in [-0.05, 0) is 39.0 Å². The van der Waals surface area contributed by atoms with Crippen LogP contribution < -0.4 is 5.32 Å². The molecule has 19 heavy (non-hydrogen) atoms. The third kappa shape index (κ3) is 1.79. The fourth-order valence-electron chi connectivity index (χ4n) is 4.15. The number of alkyl halides is 3. The Balaban J connectivity index is 2.36. The molecule has 3 saturated carbocycles. The molecule has 2 bridgehead atoms. The first-order valence-corrected chi connectivity index (χ1v) is 9.43. The lowest BCUT2D eigenvalue weighted by Crippen LogP contribution is -2.72. The zero-order valence-corrected chi connectivity index (χ0v) is 16.9. The zero-order valence-electron chi connectivity index (χ0n) is 12.1. The van der Waals surface area contributed by atoms with E-state index in [1.807, 2.05) is 20.8 Å². The highest BCUT2D eigenvalue weighted by Crippen LogP contribution is 2.82. The van der Waals surface area contributed by atoms with Crippen LogP contribution in [0.25, 0.3) is 0 Å². The molecule has 0 heterocycles. The standard InChI is InChI=1S/C14H22Br3NO/c1-11(2,3)18-10(19)14-7-6-13(8(14)15,9(16)17)12(14,4)5/h8-9H,6-7H2,1-5H3,(H,18,19)/t8-,13-,14-/m1/s1. The normalized spacial score (nSPS) is 40.2. The first-order chi connectivity index (χ1) is 8.43. The molecule has 0 unspecified atom stereocenters. The summed E-state index contributed by atoms with van der Waals surface area (Å²) in [4.78, 5) is 13.1. The number of rotatable bonds is 2. The van der Waals surface area contributed by atoms with Crippen LogP contribution in [0.4, 0.5) is 0 Å². The van der Waals surface area contributed by atoms with E-state index < -0.39 is 0 Å². The van der Waals surface area contributed by atoms with Crippen LogP contribution in [0.2, 0.25) is 0 Å². The molecule has 3 rings (SSSR count). The van der Waals surface area contributed by atoms with Crippen LogP contribution in [0, 0.1) is 16.2 Å². The van der Waals surface area contributed by atoms with Gasteiger partial charge < -0.3 is 5.32 Å². The van der Waals surface area contributed by atoms with Gasteiger partial charge in [0, 0.05) is 15.8 Å². The molecule has 1 amide bonds. The van der Waals surface area contributed by atoms with E-state index in [9.17, 15) is 4.79 Å². The lowest BCUT2D eigenvalue weighted by molar-refractivity contribution is -0.163. The molecule has 0 aromatic heterocycles. The van der Waals surface area contributed by atoms with Crippen molar-refractivity contribution in [3.8, 4) is 0 Å². The van der Waals surface area contributed by atoms with Gasteiger partial charge in [-0.25, -0.2) is 0 Å². The Labute approximate surface area is 141 Å². The van der Waals surface area contributed by atoms with Crippen LogP contribution in [0.1, 0.15) is 47.5 Å². The lowest BCUT2D eigenvalue weighted by atomic mass is 9.43. The minimum Gasteiger partial charge on any atom is -0.351 e. The molecular formula is C14H22Br3NO. The van der Waals surface area contributed by atoms with E-state index in [0.29, 0.717) is 0 Å². The van der Waals surface area contributed by atoms with Crippen LogP contribution >= 0.6 is 47.8 Å². The summed E-state index contributed by atoms with van der Waals surface area (Å²) < 4.78 is 0.227. The average Bonchev–Trinajstić information content (AvgIpc) is 2.64. The summed E-state index contributed by atoms with van der Waals surface area (Å²) in [5, 5.41) is 3.18. The molecule has 0 aliphatic heterocycles. The van der Waals surface area contributed by atoms with Crippen molar-refractivity contribution in [3.63, 3.8) is 0 Å². The number of hydrogen-bond donors (Lipinski definition) is 1. The number of halogens is 3. The van der Waals surface area contributed by atoms with Crippen molar-refractivity contribution in [2.24, 2.45) is 16.2 Å². The van der Waals surface area contributed by atoms with E-state index >= 15 is 0 Å². The number of amides is 1. The first kappa shape index (κ1) is 16.3. The Hall–Kier alpha value is 0.910. The van der Waals surface area contributed by atoms with Crippen LogP contribution in [-0.4, -0.2) is 20.0 Å². The summed E-state index contributed by atoms with van der Waals surface area (Å²) in [6.07, 6.45) is 2.01. The summed E-state index contributed by atoms with van der Waals surface area (Å²) in [7, 11) is 0. The fraction of sp³-hybridized carbons (Fsp3) is 0.929. The molecule has 3 atom stereocenters. The summed E-state index contributed by atoms with van der Waals surface area (Å²) in [5.41, 5.74) is -0.402. The second kappa shape index (κ2) is 4.45. The maximum atomic E-state index is 12.8. The van der Waals surface area contributed by atoms with Gasteiger partial charge in [0.25, 0.3) is 0 Å². The average molecular weight is 460 g/mol. The third-order valence-corrected chi connectivity index (χ3v) is 8.61. The van der Waals surface area contributed by atoms with Crippen molar-refractivity contribution in [1.82, 2.24) is 5.32 Å². The second-order valence-corrected chi connectivity index (χ2v) is 11.5. The molecule has 1 N–H and O–H groups in total. The molecule has 3 aliphatic carbocycles. The quantitative estimate of drug-likeness (QED) is 0.601. The highest BCUT2D eigenvalue weighted by atomic mass is 79.9. The van der Waals surface area contributed by atoms with E-state index in [2.05, 4.69) is 67.0 Å². The van der Waals surface area contributed by atoms with Gasteiger partial charge in [0.2, 0.25) is 5.91 Å². The highest BCUT2D eigenvalue weighted by Gasteiger charge is 2.83. The van der Waals surface area contributed by atoms with Gasteiger partial charge in [-0.1, -0.05) is 61.6 Å². The van der Waals surface area contributed by atoms with E-state index in [1.165, 1.54) is 0 Å². The summed E-state index contributed by atoms with van der Waals surface area (Å²) in [6, 6.07) is 0. The van der Waals surface area contributed by atoms with Gasteiger partial charge in [0.05, 0.1) is 9.15 Å². The van der Waals surface area contributed by atoms with Gasteiger partial charge in [0.15, 0.2) is 0 Å². The number of carbonyl (C=O) groups is 1. The zero-order chi connectivity index (χ0) is 14.9. The van der Waals surface area contributed by atoms with Gasteiger partial charge in [-0.15, -0.1) is 0 Å². The number of fused-ring (bicyclic) bond motifs is 1. The van der Waals surface area contributed by atoms with Crippen molar-refractivity contribution >= 4 is 53.7 Å². The maximum Gasteiger partial charge on any atom is 0.228 e. The minimum absolute atomic E-state index is 0.0266. The van der Waals surface area contributed by atoms with Crippen molar-refractivity contribution in [2.75, 3.05) is 0 Å². The molecule has 5 heteroatoms. The molecule has 3 aliphatic rings. The third-order valence-electron chi connectivity index (χ3n) is 5.38. The minimum atomic E-state index is -0.292. The molecule has 0 aromatic rings. The summed E-state index contributed by atoms with van der Waals surface area (Å²) >= 11 is 11.2. The second-order valence-electron chi connectivity index (χ2n) is 7.50. The lowest BCUT2D eigenvalue weighted by Gasteiger charge is -2.66. The van der Waals surface area contributed by atoms with Gasteiger partial charge >= 0.3 is 0 Å². The smallest absolute Gasteiger partial charge is 0.228 e. The highest BCUT2D eigenvalue weighted by molar-refractivity contribution is 9.24. The number of hydrogen-bond acceptors (Lipinski definition) is 1. The van der Waals surface area contributed by atoms with Gasteiger partial charge in [-0.3, -0.25) is 4.79 Å². The fourth-order valence-corrected chi connectivity index (χ4v) is 9.07.